The maximum Gasteiger partial charge on any atom is 0.245 e. The second-order valence-electron chi connectivity index (χ2n) is 5.93. The number of hydrogen-bond acceptors (Lipinski definition) is 3. The quantitative estimate of drug-likeness (QED) is 0.727. The smallest absolute Gasteiger partial charge is 0.245 e. The lowest BCUT2D eigenvalue weighted by atomic mass is 10.1. The first-order chi connectivity index (χ1) is 8.61. The summed E-state index contributed by atoms with van der Waals surface area (Å²) < 4.78 is 0. The number of amides is 3. The molecule has 1 atom stereocenters. The zero-order valence-corrected chi connectivity index (χ0v) is 12.3. The summed E-state index contributed by atoms with van der Waals surface area (Å²) in [4.78, 5) is 38.4. The molecule has 19 heavy (non-hydrogen) atoms. The van der Waals surface area contributed by atoms with Crippen LogP contribution < -0.4 is 5.32 Å². The van der Waals surface area contributed by atoms with Gasteiger partial charge in [-0.25, -0.2) is 0 Å². The van der Waals surface area contributed by atoms with Gasteiger partial charge in [-0.1, -0.05) is 0 Å². The molecule has 1 rings (SSSR count). The molecule has 6 heteroatoms. The molecular formula is C13H23N3O3. The van der Waals surface area contributed by atoms with Crippen LogP contribution in [0.25, 0.3) is 0 Å². The van der Waals surface area contributed by atoms with Crippen LogP contribution in [0.15, 0.2) is 0 Å². The van der Waals surface area contributed by atoms with E-state index in [4.69, 9.17) is 0 Å². The van der Waals surface area contributed by atoms with Crippen LogP contribution in [0.3, 0.4) is 0 Å². The van der Waals surface area contributed by atoms with Crippen molar-refractivity contribution in [1.82, 2.24) is 15.1 Å². The molecule has 0 saturated carbocycles. The first-order valence-electron chi connectivity index (χ1n) is 6.46. The van der Waals surface area contributed by atoms with Crippen molar-refractivity contribution in [3.8, 4) is 0 Å². The Hall–Kier alpha value is -1.59. The van der Waals surface area contributed by atoms with E-state index in [9.17, 15) is 14.4 Å². The third kappa shape index (κ3) is 4.22. The Morgan fingerprint density at radius 2 is 1.63 bits per heavy atom. The van der Waals surface area contributed by atoms with Crippen LogP contribution in [-0.4, -0.2) is 58.7 Å². The topological polar surface area (TPSA) is 69.7 Å². The van der Waals surface area contributed by atoms with E-state index < -0.39 is 6.04 Å². The summed E-state index contributed by atoms with van der Waals surface area (Å²) in [5.41, 5.74) is -0.363. The summed E-state index contributed by atoms with van der Waals surface area (Å²) in [7, 11) is 0. The molecule has 0 aromatic heterocycles. The Kier molecular flexibility index (Phi) is 4.55. The van der Waals surface area contributed by atoms with Crippen molar-refractivity contribution in [2.24, 2.45) is 0 Å². The number of nitrogens with zero attached hydrogens (tertiary/aromatic N) is 2. The zero-order chi connectivity index (χ0) is 14.8. The number of carbonyl (C=O) groups excluding carboxylic acids is 3. The van der Waals surface area contributed by atoms with E-state index in [0.29, 0.717) is 13.1 Å². The summed E-state index contributed by atoms with van der Waals surface area (Å²) in [6.07, 6.45) is 0. The largest absolute Gasteiger partial charge is 0.350 e. The van der Waals surface area contributed by atoms with E-state index in [2.05, 4.69) is 5.32 Å². The van der Waals surface area contributed by atoms with E-state index in [-0.39, 0.29) is 29.8 Å². The van der Waals surface area contributed by atoms with Crippen LogP contribution in [0.5, 0.6) is 0 Å². The Morgan fingerprint density at radius 1 is 1.05 bits per heavy atom. The standard InChI is InChI=1S/C13H23N3O3/c1-9(17)15-6-7-16(10(2)18)11(8-15)12(19)14-13(3,4)5/h11H,6-8H2,1-5H3,(H,14,19)/t11-/m0/s1. The van der Waals surface area contributed by atoms with Gasteiger partial charge in [0, 0.05) is 32.5 Å². The lowest BCUT2D eigenvalue weighted by Crippen LogP contribution is -2.62. The van der Waals surface area contributed by atoms with Crippen LogP contribution in [0.2, 0.25) is 0 Å². The molecule has 108 valence electrons. The van der Waals surface area contributed by atoms with Crippen LogP contribution >= 0.6 is 0 Å². The van der Waals surface area contributed by atoms with Gasteiger partial charge in [0.1, 0.15) is 6.04 Å². The van der Waals surface area contributed by atoms with Crippen LogP contribution in [0.1, 0.15) is 34.6 Å². The molecule has 0 aliphatic carbocycles. The Morgan fingerprint density at radius 3 is 2.05 bits per heavy atom. The van der Waals surface area contributed by atoms with Gasteiger partial charge >= 0.3 is 0 Å². The summed E-state index contributed by atoms with van der Waals surface area (Å²) in [5.74, 6) is -0.428. The van der Waals surface area contributed by atoms with Crippen LogP contribution in [0.4, 0.5) is 0 Å². The number of rotatable bonds is 1. The molecule has 0 aromatic rings. The molecule has 0 aromatic carbocycles. The molecule has 1 heterocycles. The van der Waals surface area contributed by atoms with Gasteiger partial charge in [0.05, 0.1) is 6.54 Å². The number of carbonyl (C=O) groups is 3. The van der Waals surface area contributed by atoms with E-state index in [1.165, 1.54) is 18.7 Å². The van der Waals surface area contributed by atoms with Gasteiger partial charge in [-0.3, -0.25) is 14.4 Å². The maximum absolute atomic E-state index is 12.3. The molecule has 0 spiro atoms. The predicted octanol–water partition coefficient (Wildman–Crippen LogP) is -0.0197. The lowest BCUT2D eigenvalue weighted by molar-refractivity contribution is -0.147. The fourth-order valence-corrected chi connectivity index (χ4v) is 2.12. The average molecular weight is 269 g/mol. The SMILES string of the molecule is CC(=O)N1CCN(C(C)=O)[C@H](C(=O)NC(C)(C)C)C1. The molecular weight excluding hydrogens is 246 g/mol. The van der Waals surface area contributed by atoms with Gasteiger partial charge in [-0.05, 0) is 20.8 Å². The van der Waals surface area contributed by atoms with Gasteiger partial charge in [0.15, 0.2) is 0 Å². The Balaban J connectivity index is 2.85. The summed E-state index contributed by atoms with van der Waals surface area (Å²) in [6.45, 7) is 9.71. The highest BCUT2D eigenvalue weighted by molar-refractivity contribution is 5.88. The van der Waals surface area contributed by atoms with Gasteiger partial charge < -0.3 is 15.1 Å². The van der Waals surface area contributed by atoms with Crippen molar-refractivity contribution in [2.75, 3.05) is 19.6 Å². The Bertz CT molecular complexity index is 387. The maximum atomic E-state index is 12.3. The molecule has 6 nitrogen and oxygen atoms in total. The summed E-state index contributed by atoms with van der Waals surface area (Å²) >= 11 is 0. The number of hydrogen-bond donors (Lipinski definition) is 1. The first kappa shape index (κ1) is 15.5. The number of nitrogens with one attached hydrogen (secondary N) is 1. The van der Waals surface area contributed by atoms with Crippen molar-refractivity contribution in [3.63, 3.8) is 0 Å². The van der Waals surface area contributed by atoms with Gasteiger partial charge in [-0.15, -0.1) is 0 Å². The van der Waals surface area contributed by atoms with Crippen molar-refractivity contribution < 1.29 is 14.4 Å². The minimum Gasteiger partial charge on any atom is -0.350 e. The van der Waals surface area contributed by atoms with Crippen molar-refractivity contribution in [1.29, 1.82) is 0 Å². The van der Waals surface area contributed by atoms with Gasteiger partial charge in [-0.2, -0.15) is 0 Å². The van der Waals surface area contributed by atoms with E-state index in [0.717, 1.165) is 0 Å². The summed E-state index contributed by atoms with van der Waals surface area (Å²) in [5, 5.41) is 2.86. The van der Waals surface area contributed by atoms with Crippen LogP contribution in [-0.2, 0) is 14.4 Å². The first-order valence-corrected chi connectivity index (χ1v) is 6.46. The molecule has 0 bridgehead atoms. The van der Waals surface area contributed by atoms with Crippen LogP contribution in [0, 0.1) is 0 Å². The molecule has 3 amide bonds. The van der Waals surface area contributed by atoms with Crippen molar-refractivity contribution in [2.45, 2.75) is 46.2 Å². The second kappa shape index (κ2) is 5.59. The van der Waals surface area contributed by atoms with Crippen molar-refractivity contribution in [3.05, 3.63) is 0 Å². The van der Waals surface area contributed by atoms with E-state index in [1.54, 1.807) is 4.90 Å². The average Bonchev–Trinajstić information content (AvgIpc) is 2.25. The normalized spacial score (nSPS) is 20.2. The molecule has 1 saturated heterocycles. The van der Waals surface area contributed by atoms with E-state index >= 15 is 0 Å². The predicted molar refractivity (Wildman–Crippen MR) is 71.3 cm³/mol. The summed E-state index contributed by atoms with van der Waals surface area (Å²) in [6, 6.07) is -0.602. The fourth-order valence-electron chi connectivity index (χ4n) is 2.12. The molecule has 0 unspecified atom stereocenters. The van der Waals surface area contributed by atoms with Gasteiger partial charge in [0.2, 0.25) is 17.7 Å². The minimum absolute atomic E-state index is 0.0724. The highest BCUT2D eigenvalue weighted by atomic mass is 16.2. The fraction of sp³-hybridized carbons (Fsp3) is 0.769. The molecule has 1 aliphatic rings. The number of piperazine rings is 1. The third-order valence-corrected chi connectivity index (χ3v) is 3.03. The minimum atomic E-state index is -0.602. The molecule has 1 N–H and O–H groups in total. The zero-order valence-electron chi connectivity index (χ0n) is 12.3. The van der Waals surface area contributed by atoms with E-state index in [1.807, 2.05) is 20.8 Å². The Labute approximate surface area is 114 Å². The monoisotopic (exact) mass is 269 g/mol. The highest BCUT2D eigenvalue weighted by Gasteiger charge is 2.35. The molecule has 1 aliphatic heterocycles. The third-order valence-electron chi connectivity index (χ3n) is 3.03. The van der Waals surface area contributed by atoms with Crippen molar-refractivity contribution >= 4 is 17.7 Å². The molecule has 1 fully saturated rings. The van der Waals surface area contributed by atoms with Gasteiger partial charge in [0.25, 0.3) is 0 Å². The highest BCUT2D eigenvalue weighted by Crippen LogP contribution is 2.12. The molecule has 0 radical (unpaired) electrons. The second-order valence-corrected chi connectivity index (χ2v) is 5.93. The lowest BCUT2D eigenvalue weighted by Gasteiger charge is -2.40.